The first-order valence-corrected chi connectivity index (χ1v) is 20.9. The molecule has 4 aromatic heterocycles. The van der Waals surface area contributed by atoms with Gasteiger partial charge in [0.25, 0.3) is 5.78 Å². The maximum Gasteiger partial charge on any atom is 2.00 e. The number of rotatable bonds is 10. The second-order valence-electron chi connectivity index (χ2n) is 15.4. The van der Waals surface area contributed by atoms with Gasteiger partial charge in [0.05, 0.1) is 62.5 Å². The summed E-state index contributed by atoms with van der Waals surface area (Å²) in [7, 11) is 11.6. The van der Waals surface area contributed by atoms with Gasteiger partial charge in [-0.2, -0.15) is 0 Å². The Bertz CT molecular complexity index is 3300. The number of carbonyl (C=O) groups excluding carboxylic acids is 2. The molecule has 4 N–H and O–H groups in total. The number of allylic oxidation sites excluding steroid dienone is 5. The summed E-state index contributed by atoms with van der Waals surface area (Å²) in [5.41, 5.74) is 7.61. The number of Topliss-reactive ketones (excluding diaryl/α,β-unsaturated/α-hetero) is 1. The van der Waals surface area contributed by atoms with Crippen LogP contribution in [0.3, 0.4) is 0 Å². The molecule has 69 heavy (non-hydrogen) atoms. The van der Waals surface area contributed by atoms with E-state index in [1.54, 1.807) is 36.4 Å². The van der Waals surface area contributed by atoms with Crippen molar-refractivity contribution >= 4 is 33.9 Å². The largest absolute Gasteiger partial charge is 2.00 e. The number of H-pyrrole nitrogens is 2. The molecule has 0 radical (unpaired) electrons. The van der Waals surface area contributed by atoms with Crippen molar-refractivity contribution in [1.29, 1.82) is 0 Å². The number of ketones is 2. The van der Waals surface area contributed by atoms with E-state index in [4.69, 9.17) is 47.9 Å². The van der Waals surface area contributed by atoms with Gasteiger partial charge in [0.15, 0.2) is 40.3 Å². The third kappa shape index (κ3) is 8.20. The molecule has 2 aliphatic carbocycles. The van der Waals surface area contributed by atoms with Gasteiger partial charge < -0.3 is 68.0 Å². The molecule has 16 nitrogen and oxygen atoms in total. The number of hydrogen-bond acceptors (Lipinski definition) is 12. The molecule has 8 bridgehead atoms. The van der Waals surface area contributed by atoms with Crippen LogP contribution in [0, 0.1) is 0 Å². The van der Waals surface area contributed by atoms with E-state index in [-0.39, 0.29) is 82.8 Å². The Morgan fingerprint density at radius 3 is 1.19 bits per heavy atom. The number of benzene rings is 2. The minimum absolute atomic E-state index is 0. The van der Waals surface area contributed by atoms with Crippen molar-refractivity contribution in [3.05, 3.63) is 187 Å². The zero-order valence-corrected chi connectivity index (χ0v) is 41.8. The van der Waals surface area contributed by atoms with Crippen molar-refractivity contribution in [2.45, 2.75) is 0 Å². The van der Waals surface area contributed by atoms with Crippen molar-refractivity contribution in [2.75, 3.05) is 56.9 Å². The van der Waals surface area contributed by atoms with Crippen LogP contribution >= 0.6 is 0 Å². The summed E-state index contributed by atoms with van der Waals surface area (Å²) in [6.07, 6.45) is 6.02. The molecule has 0 atom stereocenters. The van der Waals surface area contributed by atoms with Gasteiger partial charge in [-0.25, -0.2) is 0 Å². The monoisotopic (exact) mass is 980 g/mol. The molecule has 17 heteroatoms. The van der Waals surface area contributed by atoms with E-state index in [1.807, 2.05) is 48.5 Å². The van der Waals surface area contributed by atoms with Crippen molar-refractivity contribution in [3.63, 3.8) is 0 Å². The smallest absolute Gasteiger partial charge is 0.657 e. The standard InChI is InChI=1S/C52H46N4O12.Zn/c1-61-37-23-28(57)24-38(62-2)49(37)48-35-15-13-33(55-35)46(26-19-41(65-5)51(59)42(20-26)66-6)31-11-9-29(53-31)45(25-17-39(63-3)50(58)40(18-25)64-4)30-10-12-32(54-30)47(34-14-16-36(48)56-34)27-21-43(67-7)52(60)44(22-27)68-8;/h9-24H,1-8H3,(H6,53,54,55,56,57,58,59,60);/q;+2/p-2/b45-29-,45-30?,46-31-,46-33?,47-32?,47-34?,48-35?,48-36?;. The zero-order chi connectivity index (χ0) is 48.0. The Morgan fingerprint density at radius 2 is 0.797 bits per heavy atom. The van der Waals surface area contributed by atoms with Gasteiger partial charge in [0.2, 0.25) is 11.5 Å². The second-order valence-corrected chi connectivity index (χ2v) is 15.4. The van der Waals surface area contributed by atoms with E-state index in [0.717, 1.165) is 0 Å². The second kappa shape index (κ2) is 19.1. The van der Waals surface area contributed by atoms with Crippen LogP contribution in [-0.2, 0) is 48.0 Å². The number of nitrogens with zero attached hydrogens (tertiary/aromatic N) is 2. The van der Waals surface area contributed by atoms with E-state index in [9.17, 15) is 19.8 Å². The third-order valence-corrected chi connectivity index (χ3v) is 11.8. The zero-order valence-electron chi connectivity index (χ0n) is 38.8. The Hall–Kier alpha value is -8.30. The van der Waals surface area contributed by atoms with Gasteiger partial charge in [0.1, 0.15) is 11.5 Å². The summed E-state index contributed by atoms with van der Waals surface area (Å²) < 4.78 is 45.4. The number of aromatic nitrogens is 4. The van der Waals surface area contributed by atoms with Gasteiger partial charge in [-0.3, -0.25) is 9.59 Å². The molecule has 5 heterocycles. The number of aromatic amines is 2. The maximum atomic E-state index is 13.3. The molecule has 346 valence electrons. The number of nitrogens with one attached hydrogen (secondary N) is 2. The van der Waals surface area contributed by atoms with E-state index in [1.165, 1.54) is 69.0 Å². The summed E-state index contributed by atoms with van der Waals surface area (Å²) in [4.78, 5) is 44.2. The van der Waals surface area contributed by atoms with Crippen molar-refractivity contribution < 1.29 is 77.2 Å². The van der Waals surface area contributed by atoms with Crippen LogP contribution in [0.2, 0.25) is 0 Å². The molecular weight excluding hydrogens is 938 g/mol. The molecule has 0 fully saturated rings. The quantitative estimate of drug-likeness (QED) is 0.127. The van der Waals surface area contributed by atoms with Crippen molar-refractivity contribution in [1.82, 2.24) is 19.9 Å². The van der Waals surface area contributed by atoms with Crippen LogP contribution in [0.5, 0.6) is 34.5 Å². The van der Waals surface area contributed by atoms with Crippen LogP contribution in [0.15, 0.2) is 131 Å². The summed E-state index contributed by atoms with van der Waals surface area (Å²) in [5, 5.41) is 23.1. The average molecular weight is 982 g/mol. The molecule has 0 unspecified atom stereocenters. The minimum atomic E-state index is -0.431. The number of aromatic hydroxyl groups is 2. The Morgan fingerprint density at radius 1 is 0.420 bits per heavy atom. The molecular formula is C52H44N4O12Zn. The topological polar surface area (TPSA) is 208 Å². The molecule has 0 amide bonds. The predicted molar refractivity (Wildman–Crippen MR) is 248 cm³/mol. The van der Waals surface area contributed by atoms with E-state index < -0.39 is 5.78 Å². The number of phenols is 2. The fraction of sp³-hybridized carbons (Fsp3) is 0.154. The Balaban J connectivity index is 0.00000642. The molecule has 0 saturated carbocycles. The Kier molecular flexibility index (Phi) is 13.1. The average Bonchev–Trinajstić information content (AvgIpc) is 4.21. The number of fused-ring (bicyclic) bond motifs is 8. The summed E-state index contributed by atoms with van der Waals surface area (Å²) in [5.74, 6) is 0.0996. The normalized spacial score (nSPS) is 16.2. The number of ether oxygens (including phenoxy) is 8. The predicted octanol–water partition coefficient (Wildman–Crippen LogP) is 5.40. The minimum Gasteiger partial charge on any atom is -0.657 e. The van der Waals surface area contributed by atoms with Crippen LogP contribution < -0.4 is 39.6 Å². The number of hydrogen-bond donors (Lipinski definition) is 4. The molecule has 9 rings (SSSR count). The first kappa shape index (κ1) is 47.2. The summed E-state index contributed by atoms with van der Waals surface area (Å²) in [6, 6.07) is 21.7. The molecule has 0 spiro atoms. The van der Waals surface area contributed by atoms with Gasteiger partial charge in [-0.05, 0) is 99.7 Å². The van der Waals surface area contributed by atoms with E-state index in [2.05, 4.69) is 9.97 Å². The number of phenolic OH excluding ortho intramolecular Hbond substituents is 2. The van der Waals surface area contributed by atoms with Gasteiger partial charge in [-0.15, -0.1) is 22.1 Å². The molecule has 6 aromatic rings. The van der Waals surface area contributed by atoms with Crippen LogP contribution in [-0.4, -0.2) is 88.6 Å². The molecule has 2 aromatic carbocycles. The van der Waals surface area contributed by atoms with Gasteiger partial charge in [-0.1, -0.05) is 24.3 Å². The molecule has 1 aliphatic heterocycles. The maximum absolute atomic E-state index is 13.3. The molecule has 0 saturated heterocycles. The van der Waals surface area contributed by atoms with Crippen LogP contribution in [0.1, 0.15) is 45.3 Å². The van der Waals surface area contributed by atoms with E-state index in [0.29, 0.717) is 89.4 Å². The number of methoxy groups -OCH3 is 8. The van der Waals surface area contributed by atoms with Crippen molar-refractivity contribution in [3.8, 4) is 34.5 Å². The summed E-state index contributed by atoms with van der Waals surface area (Å²) in [6.45, 7) is 0. The van der Waals surface area contributed by atoms with Gasteiger partial charge in [0, 0.05) is 34.9 Å². The van der Waals surface area contributed by atoms with Crippen molar-refractivity contribution in [2.24, 2.45) is 0 Å². The van der Waals surface area contributed by atoms with Crippen LogP contribution in [0.25, 0.3) is 22.3 Å². The third-order valence-electron chi connectivity index (χ3n) is 11.8. The number of carbonyl (C=O) groups is 2. The Labute approximate surface area is 407 Å². The molecule has 3 aliphatic rings. The first-order valence-electron chi connectivity index (χ1n) is 20.9. The van der Waals surface area contributed by atoms with Crippen LogP contribution in [0.4, 0.5) is 0 Å². The van der Waals surface area contributed by atoms with E-state index >= 15 is 0 Å². The SMILES string of the molecule is COC1=CC(=C2c3ccc([n-]3)C(=C3C(OC)=CC(=O)C=C3OC)c3ccc([nH]3)/C(c3cc(OC)c(O)c(OC)c3)=c3/cc/c([n-]3)=C(\c3cc(OC)c(O)c(OC)c3)c3ccc2[nH]3)C=C(OC)C1=O.[Zn+2]. The summed E-state index contributed by atoms with van der Waals surface area (Å²) >= 11 is 0. The fourth-order valence-electron chi connectivity index (χ4n) is 8.61. The first-order chi connectivity index (χ1) is 33.0. The van der Waals surface area contributed by atoms with Gasteiger partial charge >= 0.3 is 19.5 Å². The fourth-order valence-corrected chi connectivity index (χ4v) is 8.61.